The van der Waals surface area contributed by atoms with E-state index in [2.05, 4.69) is 15.9 Å². The predicted octanol–water partition coefficient (Wildman–Crippen LogP) is 4.42. The highest BCUT2D eigenvalue weighted by Crippen LogP contribution is 2.25. The summed E-state index contributed by atoms with van der Waals surface area (Å²) in [6, 6.07) is 12.1. The van der Waals surface area contributed by atoms with E-state index in [-0.39, 0.29) is 18.0 Å². The molecule has 1 unspecified atom stereocenters. The van der Waals surface area contributed by atoms with Crippen molar-refractivity contribution < 1.29 is 9.13 Å². The van der Waals surface area contributed by atoms with Crippen molar-refractivity contribution in [2.45, 2.75) is 26.0 Å². The summed E-state index contributed by atoms with van der Waals surface area (Å²) in [7, 11) is 0. The smallest absolute Gasteiger partial charge is 0.137 e. The maximum absolute atomic E-state index is 13.5. The Morgan fingerprint density at radius 2 is 1.65 bits per heavy atom. The van der Waals surface area contributed by atoms with Crippen LogP contribution in [0.15, 0.2) is 46.9 Å². The van der Waals surface area contributed by atoms with Gasteiger partial charge in [0.15, 0.2) is 0 Å². The Kier molecular flexibility index (Phi) is 4.78. The van der Waals surface area contributed by atoms with E-state index in [4.69, 9.17) is 10.5 Å². The van der Waals surface area contributed by atoms with Crippen molar-refractivity contribution in [3.05, 3.63) is 63.9 Å². The fraction of sp³-hybridized carbons (Fsp3) is 0.250. The monoisotopic (exact) mass is 337 g/mol. The number of nitrogens with two attached hydrogens (primary N) is 1. The van der Waals surface area contributed by atoms with Crippen molar-refractivity contribution in [2.24, 2.45) is 5.73 Å². The standard InChI is InChI=1S/C16H17BrFNO/c1-10(2)20-13-6-3-11(4-7-13)16(19)12-5-8-14(17)15(18)9-12/h3-10,16H,19H2,1-2H3. The van der Waals surface area contributed by atoms with E-state index >= 15 is 0 Å². The maximum atomic E-state index is 13.5. The fourth-order valence-electron chi connectivity index (χ4n) is 1.92. The van der Waals surface area contributed by atoms with Crippen molar-refractivity contribution >= 4 is 15.9 Å². The molecule has 2 nitrogen and oxygen atoms in total. The summed E-state index contributed by atoms with van der Waals surface area (Å²) in [4.78, 5) is 0. The van der Waals surface area contributed by atoms with E-state index in [1.165, 1.54) is 6.07 Å². The second kappa shape index (κ2) is 6.37. The number of benzene rings is 2. The van der Waals surface area contributed by atoms with Crippen LogP contribution in [-0.4, -0.2) is 6.10 Å². The molecule has 0 spiro atoms. The molecule has 0 aliphatic rings. The van der Waals surface area contributed by atoms with Gasteiger partial charge in [0.1, 0.15) is 11.6 Å². The summed E-state index contributed by atoms with van der Waals surface area (Å²) in [6.45, 7) is 3.95. The minimum absolute atomic E-state index is 0.134. The van der Waals surface area contributed by atoms with E-state index in [0.29, 0.717) is 4.47 Å². The first-order valence-electron chi connectivity index (χ1n) is 6.44. The van der Waals surface area contributed by atoms with Crippen LogP contribution >= 0.6 is 15.9 Å². The van der Waals surface area contributed by atoms with Gasteiger partial charge in [-0.1, -0.05) is 18.2 Å². The van der Waals surface area contributed by atoms with Crippen molar-refractivity contribution in [1.82, 2.24) is 0 Å². The van der Waals surface area contributed by atoms with Crippen molar-refractivity contribution in [3.63, 3.8) is 0 Å². The average molecular weight is 338 g/mol. The SMILES string of the molecule is CC(C)Oc1ccc(C(N)c2ccc(Br)c(F)c2)cc1. The van der Waals surface area contributed by atoms with Gasteiger partial charge in [0.05, 0.1) is 16.6 Å². The topological polar surface area (TPSA) is 35.2 Å². The highest BCUT2D eigenvalue weighted by Gasteiger charge is 2.11. The molecule has 2 rings (SSSR count). The zero-order chi connectivity index (χ0) is 14.7. The lowest BCUT2D eigenvalue weighted by Crippen LogP contribution is -2.12. The summed E-state index contributed by atoms with van der Waals surface area (Å²) < 4.78 is 19.6. The highest BCUT2D eigenvalue weighted by atomic mass is 79.9. The molecule has 0 radical (unpaired) electrons. The molecule has 106 valence electrons. The Labute approximate surface area is 126 Å². The normalized spacial score (nSPS) is 12.5. The minimum atomic E-state index is -0.356. The number of hydrogen-bond donors (Lipinski definition) is 1. The molecule has 0 saturated heterocycles. The minimum Gasteiger partial charge on any atom is -0.491 e. The number of ether oxygens (including phenoxy) is 1. The molecule has 2 N–H and O–H groups in total. The molecule has 0 aliphatic heterocycles. The first-order valence-corrected chi connectivity index (χ1v) is 7.24. The first-order chi connectivity index (χ1) is 9.47. The maximum Gasteiger partial charge on any atom is 0.137 e. The molecule has 0 amide bonds. The molecular formula is C16H17BrFNO. The van der Waals surface area contributed by atoms with Gasteiger partial charge >= 0.3 is 0 Å². The van der Waals surface area contributed by atoms with Gasteiger partial charge in [-0.15, -0.1) is 0 Å². The summed E-state index contributed by atoms with van der Waals surface area (Å²) in [5.74, 6) is 0.496. The molecule has 0 bridgehead atoms. The van der Waals surface area contributed by atoms with Gasteiger partial charge in [0.2, 0.25) is 0 Å². The van der Waals surface area contributed by atoms with Crippen LogP contribution in [0.25, 0.3) is 0 Å². The number of rotatable bonds is 4. The zero-order valence-corrected chi connectivity index (χ0v) is 13.0. The first kappa shape index (κ1) is 15.0. The van der Waals surface area contributed by atoms with E-state index < -0.39 is 0 Å². The van der Waals surface area contributed by atoms with Crippen LogP contribution in [0.5, 0.6) is 5.75 Å². The largest absolute Gasteiger partial charge is 0.491 e. The molecule has 4 heteroatoms. The second-order valence-corrected chi connectivity index (χ2v) is 5.74. The van der Waals surface area contributed by atoms with Crippen LogP contribution in [0.4, 0.5) is 4.39 Å². The Morgan fingerprint density at radius 1 is 1.05 bits per heavy atom. The van der Waals surface area contributed by atoms with Crippen LogP contribution < -0.4 is 10.5 Å². The zero-order valence-electron chi connectivity index (χ0n) is 11.4. The lowest BCUT2D eigenvalue weighted by molar-refractivity contribution is 0.242. The number of halogens is 2. The van der Waals surface area contributed by atoms with Gasteiger partial charge in [-0.2, -0.15) is 0 Å². The summed E-state index contributed by atoms with van der Waals surface area (Å²) >= 11 is 3.13. The van der Waals surface area contributed by atoms with Crippen molar-refractivity contribution in [3.8, 4) is 5.75 Å². The van der Waals surface area contributed by atoms with E-state index in [1.54, 1.807) is 6.07 Å². The Bertz CT molecular complexity index is 584. The second-order valence-electron chi connectivity index (χ2n) is 4.89. The van der Waals surface area contributed by atoms with E-state index in [1.807, 2.05) is 44.2 Å². The van der Waals surface area contributed by atoms with Crippen LogP contribution in [0.3, 0.4) is 0 Å². The molecular weight excluding hydrogens is 321 g/mol. The third kappa shape index (κ3) is 3.58. The molecule has 0 saturated carbocycles. The van der Waals surface area contributed by atoms with Crippen LogP contribution in [0, 0.1) is 5.82 Å². The van der Waals surface area contributed by atoms with Crippen LogP contribution in [0.2, 0.25) is 0 Å². The summed E-state index contributed by atoms with van der Waals surface area (Å²) in [5.41, 5.74) is 7.82. The summed E-state index contributed by atoms with van der Waals surface area (Å²) in [6.07, 6.45) is 0.134. The van der Waals surface area contributed by atoms with Crippen molar-refractivity contribution in [2.75, 3.05) is 0 Å². The van der Waals surface area contributed by atoms with Crippen molar-refractivity contribution in [1.29, 1.82) is 0 Å². The van der Waals surface area contributed by atoms with Gasteiger partial charge in [0.25, 0.3) is 0 Å². The Hall–Kier alpha value is -1.39. The predicted molar refractivity (Wildman–Crippen MR) is 82.3 cm³/mol. The van der Waals surface area contributed by atoms with Gasteiger partial charge in [0, 0.05) is 0 Å². The summed E-state index contributed by atoms with van der Waals surface area (Å²) in [5, 5.41) is 0. The fourth-order valence-corrected chi connectivity index (χ4v) is 2.17. The molecule has 2 aromatic rings. The molecule has 0 aromatic heterocycles. The molecule has 2 aromatic carbocycles. The quantitative estimate of drug-likeness (QED) is 0.895. The number of hydrogen-bond acceptors (Lipinski definition) is 2. The van der Waals surface area contributed by atoms with E-state index in [9.17, 15) is 4.39 Å². The third-order valence-electron chi connectivity index (χ3n) is 2.91. The molecule has 20 heavy (non-hydrogen) atoms. The Balaban J connectivity index is 2.20. The molecule has 0 fully saturated rings. The van der Waals surface area contributed by atoms with Gasteiger partial charge in [-0.05, 0) is 65.2 Å². The molecule has 0 aliphatic carbocycles. The highest BCUT2D eigenvalue weighted by molar-refractivity contribution is 9.10. The molecule has 1 atom stereocenters. The van der Waals surface area contributed by atoms with Gasteiger partial charge < -0.3 is 10.5 Å². The van der Waals surface area contributed by atoms with Gasteiger partial charge in [-0.3, -0.25) is 0 Å². The third-order valence-corrected chi connectivity index (χ3v) is 3.56. The Morgan fingerprint density at radius 3 is 2.20 bits per heavy atom. The van der Waals surface area contributed by atoms with Crippen LogP contribution in [0.1, 0.15) is 31.0 Å². The average Bonchev–Trinajstić information content (AvgIpc) is 2.41. The van der Waals surface area contributed by atoms with E-state index in [0.717, 1.165) is 16.9 Å². The van der Waals surface area contributed by atoms with Gasteiger partial charge in [-0.25, -0.2) is 4.39 Å². The molecule has 0 heterocycles. The lowest BCUT2D eigenvalue weighted by Gasteiger charge is -2.15. The van der Waals surface area contributed by atoms with Crippen LogP contribution in [-0.2, 0) is 0 Å². The lowest BCUT2D eigenvalue weighted by atomic mass is 9.99.